The molecule has 0 aliphatic carbocycles. The SMILES string of the molecule is CCC(CC)NC(=O)CCC(=O)c1cc(C)sc1C. The predicted molar refractivity (Wildman–Crippen MR) is 79.9 cm³/mol. The van der Waals surface area contributed by atoms with Crippen LogP contribution >= 0.6 is 11.3 Å². The zero-order valence-corrected chi connectivity index (χ0v) is 13.0. The Hall–Kier alpha value is -1.16. The number of nitrogens with one attached hydrogen (secondary N) is 1. The largest absolute Gasteiger partial charge is 0.353 e. The van der Waals surface area contributed by atoms with Gasteiger partial charge < -0.3 is 5.32 Å². The maximum Gasteiger partial charge on any atom is 0.220 e. The molecule has 0 bridgehead atoms. The van der Waals surface area contributed by atoms with Gasteiger partial charge in [0.15, 0.2) is 5.78 Å². The van der Waals surface area contributed by atoms with E-state index in [0.717, 1.165) is 28.2 Å². The van der Waals surface area contributed by atoms with Crippen LogP contribution in [-0.2, 0) is 4.79 Å². The van der Waals surface area contributed by atoms with Crippen molar-refractivity contribution in [3.8, 4) is 0 Å². The van der Waals surface area contributed by atoms with Crippen LogP contribution in [0, 0.1) is 13.8 Å². The van der Waals surface area contributed by atoms with Gasteiger partial charge in [0, 0.05) is 34.2 Å². The molecule has 0 atom stereocenters. The first kappa shape index (κ1) is 15.9. The zero-order valence-electron chi connectivity index (χ0n) is 12.2. The summed E-state index contributed by atoms with van der Waals surface area (Å²) in [4.78, 5) is 26.0. The average molecular weight is 281 g/mol. The normalized spacial score (nSPS) is 10.8. The van der Waals surface area contributed by atoms with Gasteiger partial charge in [-0.05, 0) is 32.8 Å². The molecule has 19 heavy (non-hydrogen) atoms. The van der Waals surface area contributed by atoms with Gasteiger partial charge in [-0.15, -0.1) is 11.3 Å². The Kier molecular flexibility index (Phi) is 6.22. The van der Waals surface area contributed by atoms with E-state index in [1.165, 1.54) is 0 Å². The molecule has 106 valence electrons. The number of hydrogen-bond donors (Lipinski definition) is 1. The van der Waals surface area contributed by atoms with Crippen molar-refractivity contribution in [2.24, 2.45) is 0 Å². The van der Waals surface area contributed by atoms with Gasteiger partial charge in [-0.2, -0.15) is 0 Å². The van der Waals surface area contributed by atoms with Gasteiger partial charge in [-0.1, -0.05) is 13.8 Å². The summed E-state index contributed by atoms with van der Waals surface area (Å²) in [6.45, 7) is 8.05. The molecule has 0 aliphatic rings. The Bertz CT molecular complexity index is 447. The van der Waals surface area contributed by atoms with Gasteiger partial charge in [-0.3, -0.25) is 9.59 Å². The maximum absolute atomic E-state index is 12.0. The van der Waals surface area contributed by atoms with Gasteiger partial charge in [0.05, 0.1) is 0 Å². The second-order valence-corrected chi connectivity index (χ2v) is 6.29. The van der Waals surface area contributed by atoms with Crippen LogP contribution in [0.5, 0.6) is 0 Å². The number of Topliss-reactive ketones (excluding diaryl/α,β-unsaturated/α-hetero) is 1. The van der Waals surface area contributed by atoms with E-state index in [1.54, 1.807) is 11.3 Å². The summed E-state index contributed by atoms with van der Waals surface area (Å²) in [6.07, 6.45) is 2.44. The number of amides is 1. The smallest absolute Gasteiger partial charge is 0.220 e. The third kappa shape index (κ3) is 4.78. The molecule has 0 saturated heterocycles. The highest BCUT2D eigenvalue weighted by atomic mass is 32.1. The molecule has 1 aromatic heterocycles. The fourth-order valence-corrected chi connectivity index (χ4v) is 3.00. The quantitative estimate of drug-likeness (QED) is 0.776. The fraction of sp³-hybridized carbons (Fsp3) is 0.600. The molecule has 3 nitrogen and oxygen atoms in total. The summed E-state index contributed by atoms with van der Waals surface area (Å²) in [7, 11) is 0. The van der Waals surface area contributed by atoms with Crippen molar-refractivity contribution in [2.75, 3.05) is 0 Å². The first-order chi connectivity index (χ1) is 8.97. The van der Waals surface area contributed by atoms with E-state index in [1.807, 2.05) is 19.9 Å². The zero-order chi connectivity index (χ0) is 14.4. The lowest BCUT2D eigenvalue weighted by atomic mass is 10.1. The Labute approximate surface area is 119 Å². The highest BCUT2D eigenvalue weighted by Gasteiger charge is 2.14. The summed E-state index contributed by atoms with van der Waals surface area (Å²) >= 11 is 1.63. The van der Waals surface area contributed by atoms with Crippen molar-refractivity contribution in [3.05, 3.63) is 21.4 Å². The molecule has 0 unspecified atom stereocenters. The van der Waals surface area contributed by atoms with Gasteiger partial charge in [0.25, 0.3) is 0 Å². The minimum atomic E-state index is -0.0216. The molecule has 1 amide bonds. The van der Waals surface area contributed by atoms with E-state index in [2.05, 4.69) is 19.2 Å². The maximum atomic E-state index is 12.0. The van der Waals surface area contributed by atoms with Crippen LogP contribution < -0.4 is 5.32 Å². The van der Waals surface area contributed by atoms with E-state index < -0.39 is 0 Å². The van der Waals surface area contributed by atoms with Crippen molar-refractivity contribution in [1.29, 1.82) is 0 Å². The number of rotatable bonds is 7. The molecule has 1 rings (SSSR count). The van der Waals surface area contributed by atoms with Crippen molar-refractivity contribution >= 4 is 23.0 Å². The predicted octanol–water partition coefficient (Wildman–Crippen LogP) is 3.63. The van der Waals surface area contributed by atoms with Crippen LogP contribution in [0.25, 0.3) is 0 Å². The van der Waals surface area contributed by atoms with Gasteiger partial charge in [-0.25, -0.2) is 0 Å². The van der Waals surface area contributed by atoms with E-state index in [0.29, 0.717) is 6.42 Å². The van der Waals surface area contributed by atoms with Crippen LogP contribution in [-0.4, -0.2) is 17.7 Å². The highest BCUT2D eigenvalue weighted by molar-refractivity contribution is 7.12. The van der Waals surface area contributed by atoms with Crippen molar-refractivity contribution in [1.82, 2.24) is 5.32 Å². The van der Waals surface area contributed by atoms with E-state index >= 15 is 0 Å². The van der Waals surface area contributed by atoms with Crippen LogP contribution in [0.2, 0.25) is 0 Å². The third-order valence-corrected chi connectivity index (χ3v) is 4.24. The number of thiophene rings is 1. The van der Waals surface area contributed by atoms with E-state index in [9.17, 15) is 9.59 Å². The highest BCUT2D eigenvalue weighted by Crippen LogP contribution is 2.22. The Morgan fingerprint density at radius 1 is 1.21 bits per heavy atom. The molecule has 4 heteroatoms. The number of carbonyl (C=O) groups excluding carboxylic acids is 2. The van der Waals surface area contributed by atoms with Gasteiger partial charge in [0.1, 0.15) is 0 Å². The summed E-state index contributed by atoms with van der Waals surface area (Å²) < 4.78 is 0. The Morgan fingerprint density at radius 3 is 2.32 bits per heavy atom. The van der Waals surface area contributed by atoms with E-state index in [4.69, 9.17) is 0 Å². The molecule has 0 aromatic carbocycles. The molecule has 0 spiro atoms. The van der Waals surface area contributed by atoms with Crippen LogP contribution in [0.4, 0.5) is 0 Å². The lowest BCUT2D eigenvalue weighted by molar-refractivity contribution is -0.121. The van der Waals surface area contributed by atoms with Crippen molar-refractivity contribution in [3.63, 3.8) is 0 Å². The molecule has 1 N–H and O–H groups in total. The van der Waals surface area contributed by atoms with Crippen molar-refractivity contribution in [2.45, 2.75) is 59.4 Å². The molecule has 1 heterocycles. The summed E-state index contributed by atoms with van der Waals surface area (Å²) in [5, 5.41) is 2.95. The second kappa shape index (κ2) is 7.43. The first-order valence-corrected chi connectivity index (χ1v) is 7.69. The topological polar surface area (TPSA) is 46.2 Å². The molecular formula is C15H23NO2S. The lowest BCUT2D eigenvalue weighted by Gasteiger charge is -2.14. The third-order valence-electron chi connectivity index (χ3n) is 3.27. The molecule has 0 fully saturated rings. The van der Waals surface area contributed by atoms with Gasteiger partial charge in [0.2, 0.25) is 5.91 Å². The lowest BCUT2D eigenvalue weighted by Crippen LogP contribution is -2.33. The number of aryl methyl sites for hydroxylation is 2. The van der Waals surface area contributed by atoms with Crippen LogP contribution in [0.15, 0.2) is 6.07 Å². The molecular weight excluding hydrogens is 258 g/mol. The number of hydrogen-bond acceptors (Lipinski definition) is 3. The van der Waals surface area contributed by atoms with Crippen molar-refractivity contribution < 1.29 is 9.59 Å². The average Bonchev–Trinajstić information content (AvgIpc) is 2.72. The molecule has 0 saturated carbocycles. The molecule has 0 aliphatic heterocycles. The Balaban J connectivity index is 2.46. The summed E-state index contributed by atoms with van der Waals surface area (Å²) in [5.74, 6) is 0.0493. The van der Waals surface area contributed by atoms with Gasteiger partial charge >= 0.3 is 0 Å². The fourth-order valence-electron chi connectivity index (χ4n) is 2.06. The monoisotopic (exact) mass is 281 g/mol. The van der Waals surface area contributed by atoms with E-state index in [-0.39, 0.29) is 24.2 Å². The number of ketones is 1. The first-order valence-electron chi connectivity index (χ1n) is 6.87. The molecule has 1 aromatic rings. The summed E-state index contributed by atoms with van der Waals surface area (Å²) in [6, 6.07) is 2.15. The number of carbonyl (C=O) groups is 2. The standard InChI is InChI=1S/C15H23NO2S/c1-5-12(6-2)16-15(18)8-7-14(17)13-9-10(3)19-11(13)4/h9,12H,5-8H2,1-4H3,(H,16,18). The van der Waals surface area contributed by atoms with Crippen LogP contribution in [0.3, 0.4) is 0 Å². The van der Waals surface area contributed by atoms with Crippen LogP contribution in [0.1, 0.15) is 59.6 Å². The second-order valence-electron chi connectivity index (χ2n) is 4.83. The Morgan fingerprint density at radius 2 is 1.84 bits per heavy atom. The molecule has 0 radical (unpaired) electrons. The minimum absolute atomic E-state index is 0.0216. The minimum Gasteiger partial charge on any atom is -0.353 e. The summed E-state index contributed by atoms with van der Waals surface area (Å²) in [5.41, 5.74) is 0.776.